The number of carbonyl (C=O) groups is 2. The van der Waals surface area contributed by atoms with Gasteiger partial charge >= 0.3 is 11.9 Å². The lowest BCUT2D eigenvalue weighted by atomic mass is 10.0. The number of nitrogens with zero attached hydrogens (tertiary/aromatic N) is 1. The number of allylic oxidation sites excluding steroid dienone is 16. The van der Waals surface area contributed by atoms with Crippen LogP contribution in [0, 0.1) is 0 Å². The van der Waals surface area contributed by atoms with Gasteiger partial charge < -0.3 is 27.9 Å². The van der Waals surface area contributed by atoms with Crippen molar-refractivity contribution >= 4 is 19.8 Å². The summed E-state index contributed by atoms with van der Waals surface area (Å²) in [5.74, 6) is -0.816. The zero-order valence-corrected chi connectivity index (χ0v) is 63.3. The van der Waals surface area contributed by atoms with Crippen LogP contribution in [0.25, 0.3) is 0 Å². The molecule has 9 nitrogen and oxygen atoms in total. The van der Waals surface area contributed by atoms with Gasteiger partial charge in [-0.25, -0.2) is 0 Å². The molecule has 0 radical (unpaired) electrons. The molecule has 546 valence electrons. The molecule has 0 aromatic rings. The van der Waals surface area contributed by atoms with E-state index < -0.39 is 26.5 Å². The summed E-state index contributed by atoms with van der Waals surface area (Å²) < 4.78 is 34.4. The highest BCUT2D eigenvalue weighted by atomic mass is 31.2. The Bertz CT molecular complexity index is 1910. The number of rotatable bonds is 74. The topological polar surface area (TPSA) is 111 Å². The van der Waals surface area contributed by atoms with Crippen LogP contribution in [-0.4, -0.2) is 70.0 Å². The summed E-state index contributed by atoms with van der Waals surface area (Å²) in [6.07, 6.45) is 104. The Morgan fingerprint density at radius 2 is 0.606 bits per heavy atom. The van der Waals surface area contributed by atoms with E-state index in [0.717, 1.165) is 83.5 Å². The van der Waals surface area contributed by atoms with Gasteiger partial charge in [0, 0.05) is 12.8 Å². The first-order valence-electron chi connectivity index (χ1n) is 39.9. The first-order chi connectivity index (χ1) is 46.0. The number of carbonyl (C=O) groups excluding carboxylic acids is 2. The number of esters is 2. The van der Waals surface area contributed by atoms with E-state index >= 15 is 0 Å². The van der Waals surface area contributed by atoms with Gasteiger partial charge in [-0.15, -0.1) is 0 Å². The minimum absolute atomic E-state index is 0.0309. The fourth-order valence-electron chi connectivity index (χ4n) is 11.5. The van der Waals surface area contributed by atoms with E-state index in [4.69, 9.17) is 18.5 Å². The zero-order valence-electron chi connectivity index (χ0n) is 62.4. The standard InChI is InChI=1S/C84H152NO8P/c1-6-8-10-12-14-16-18-20-22-24-26-28-30-32-34-36-38-40-41-42-43-45-47-49-51-53-55-57-59-61-63-65-67-69-71-73-75-77-84(87)93-82(81-92-94(88,89)91-79-78-85(3,4)5)80-90-83(86)76-74-72-70-68-66-64-62-60-58-56-54-52-50-48-46-44-39-37-35-33-31-29-27-25-23-21-19-17-15-13-11-9-7-2/h8,10,14,16,19-22,25-28,32,34,38,40,82H,6-7,9,11-13,15,17-18,23-24,29-31,33,35-37,39,41-81H2,1-5H3/b10-8-,16-14-,21-19-,22-20-,27-25-,28-26-,34-32-,40-38-. The van der Waals surface area contributed by atoms with Crippen LogP contribution in [0.4, 0.5) is 0 Å². The Morgan fingerprint density at radius 1 is 0.340 bits per heavy atom. The summed E-state index contributed by atoms with van der Waals surface area (Å²) in [4.78, 5) is 38.2. The van der Waals surface area contributed by atoms with Gasteiger partial charge in [0.05, 0.1) is 27.7 Å². The van der Waals surface area contributed by atoms with E-state index in [1.165, 1.54) is 257 Å². The molecule has 0 aromatic carbocycles. The maximum absolute atomic E-state index is 12.9. The van der Waals surface area contributed by atoms with E-state index in [9.17, 15) is 19.0 Å². The fraction of sp³-hybridized carbons (Fsp3) is 0.786. The zero-order chi connectivity index (χ0) is 68.3. The van der Waals surface area contributed by atoms with Gasteiger partial charge in [-0.2, -0.15) is 0 Å². The van der Waals surface area contributed by atoms with Crippen LogP contribution in [0.2, 0.25) is 0 Å². The number of hydrogen-bond acceptors (Lipinski definition) is 8. The lowest BCUT2D eigenvalue weighted by Crippen LogP contribution is -2.37. The lowest BCUT2D eigenvalue weighted by molar-refractivity contribution is -0.870. The van der Waals surface area contributed by atoms with E-state index in [0.29, 0.717) is 17.4 Å². The normalized spacial score (nSPS) is 13.6. The number of quaternary nitrogens is 1. The molecule has 0 amide bonds. The molecule has 0 N–H and O–H groups in total. The molecule has 0 spiro atoms. The second-order valence-corrected chi connectivity index (χ2v) is 29.5. The smallest absolute Gasteiger partial charge is 0.306 e. The van der Waals surface area contributed by atoms with Crippen molar-refractivity contribution in [3.63, 3.8) is 0 Å². The van der Waals surface area contributed by atoms with Crippen LogP contribution < -0.4 is 4.89 Å². The van der Waals surface area contributed by atoms with Gasteiger partial charge in [0.25, 0.3) is 7.82 Å². The Morgan fingerprint density at radius 3 is 0.904 bits per heavy atom. The minimum atomic E-state index is -4.65. The van der Waals surface area contributed by atoms with Gasteiger partial charge in [0.15, 0.2) is 6.10 Å². The summed E-state index contributed by atoms with van der Waals surface area (Å²) in [6, 6.07) is 0. The van der Waals surface area contributed by atoms with Crippen LogP contribution in [0.15, 0.2) is 97.2 Å². The van der Waals surface area contributed by atoms with Crippen molar-refractivity contribution < 1.29 is 42.1 Å². The molecular formula is C84H152NO8P. The minimum Gasteiger partial charge on any atom is -0.756 e. The maximum atomic E-state index is 12.9. The average molecular weight is 1340 g/mol. The second-order valence-electron chi connectivity index (χ2n) is 28.0. The summed E-state index contributed by atoms with van der Waals surface area (Å²) >= 11 is 0. The van der Waals surface area contributed by atoms with Gasteiger partial charge in [0.2, 0.25) is 0 Å². The Kier molecular flexibility index (Phi) is 71.7. The molecule has 0 saturated carbocycles. The van der Waals surface area contributed by atoms with Crippen LogP contribution in [0.1, 0.15) is 373 Å². The SMILES string of the molecule is CC/C=C\C/C=C\C/C=C\C/C=C\C/C=C\C/C=C\CCCCCCCCCCCCCCCCCCCCC(=O)OC(COC(=O)CCCCCCCCCCCCCCCCCCCCCCC/C=C\C/C=C\CCCCCCC)COP(=O)([O-])OCC[N+](C)(C)C. The highest BCUT2D eigenvalue weighted by Gasteiger charge is 2.22. The van der Waals surface area contributed by atoms with Crippen molar-refractivity contribution in [2.45, 2.75) is 380 Å². The number of hydrogen-bond donors (Lipinski definition) is 0. The summed E-state index contributed by atoms with van der Waals surface area (Å²) in [5, 5.41) is 0. The Labute approximate surface area is 583 Å². The van der Waals surface area contributed by atoms with E-state index in [1.807, 2.05) is 21.1 Å². The maximum Gasteiger partial charge on any atom is 0.306 e. The van der Waals surface area contributed by atoms with E-state index in [-0.39, 0.29) is 32.0 Å². The van der Waals surface area contributed by atoms with Gasteiger partial charge in [0.1, 0.15) is 19.8 Å². The summed E-state index contributed by atoms with van der Waals surface area (Å²) in [5.41, 5.74) is 0. The van der Waals surface area contributed by atoms with Crippen molar-refractivity contribution in [3.05, 3.63) is 97.2 Å². The van der Waals surface area contributed by atoms with Crippen molar-refractivity contribution in [2.24, 2.45) is 0 Å². The molecular weight excluding hydrogens is 1180 g/mol. The van der Waals surface area contributed by atoms with Crippen molar-refractivity contribution in [1.82, 2.24) is 0 Å². The van der Waals surface area contributed by atoms with E-state index in [1.54, 1.807) is 0 Å². The number of unbranched alkanes of at least 4 members (excludes halogenated alkanes) is 44. The van der Waals surface area contributed by atoms with Crippen molar-refractivity contribution in [1.29, 1.82) is 0 Å². The quantitative estimate of drug-likeness (QED) is 0.0195. The van der Waals surface area contributed by atoms with E-state index in [2.05, 4.69) is 111 Å². The first-order valence-corrected chi connectivity index (χ1v) is 41.4. The number of likely N-dealkylation sites (N-methyl/N-ethyl adjacent to an activating group) is 1. The van der Waals surface area contributed by atoms with Crippen LogP contribution in [-0.2, 0) is 32.7 Å². The van der Waals surface area contributed by atoms with Crippen LogP contribution in [0.3, 0.4) is 0 Å². The first kappa shape index (κ1) is 90.9. The van der Waals surface area contributed by atoms with Crippen molar-refractivity contribution in [2.75, 3.05) is 47.5 Å². The third-order valence-electron chi connectivity index (χ3n) is 17.6. The van der Waals surface area contributed by atoms with Gasteiger partial charge in [-0.1, -0.05) is 361 Å². The average Bonchev–Trinajstić information content (AvgIpc) is 1.56. The number of ether oxygens (including phenoxy) is 2. The highest BCUT2D eigenvalue weighted by molar-refractivity contribution is 7.45. The molecule has 2 atom stereocenters. The molecule has 2 unspecified atom stereocenters. The molecule has 0 aromatic heterocycles. The fourth-order valence-corrected chi connectivity index (χ4v) is 12.2. The molecule has 0 aliphatic rings. The molecule has 10 heteroatoms. The van der Waals surface area contributed by atoms with Crippen LogP contribution in [0.5, 0.6) is 0 Å². The molecule has 94 heavy (non-hydrogen) atoms. The number of phosphoric acid groups is 1. The monoisotopic (exact) mass is 1330 g/mol. The second kappa shape index (κ2) is 74.2. The third kappa shape index (κ3) is 77.9. The largest absolute Gasteiger partial charge is 0.756 e. The van der Waals surface area contributed by atoms with Gasteiger partial charge in [-0.3, -0.25) is 14.2 Å². The summed E-state index contributed by atoms with van der Waals surface area (Å²) in [7, 11) is 1.18. The Hall–Kier alpha value is -3.07. The molecule has 0 fully saturated rings. The van der Waals surface area contributed by atoms with Crippen LogP contribution >= 0.6 is 7.82 Å². The summed E-state index contributed by atoms with van der Waals surface area (Å²) in [6.45, 7) is 4.17. The molecule has 0 saturated heterocycles. The van der Waals surface area contributed by atoms with Gasteiger partial charge in [-0.05, 0) is 96.3 Å². The van der Waals surface area contributed by atoms with Crippen molar-refractivity contribution in [3.8, 4) is 0 Å². The molecule has 0 heterocycles. The number of phosphoric ester groups is 1. The molecule has 0 rings (SSSR count). The molecule has 0 aliphatic carbocycles. The predicted octanol–water partition coefficient (Wildman–Crippen LogP) is 26.0. The highest BCUT2D eigenvalue weighted by Crippen LogP contribution is 2.38. The lowest BCUT2D eigenvalue weighted by Gasteiger charge is -2.28. The Balaban J connectivity index is 3.95. The molecule has 0 aliphatic heterocycles. The predicted molar refractivity (Wildman–Crippen MR) is 406 cm³/mol. The molecule has 0 bridgehead atoms. The third-order valence-corrected chi connectivity index (χ3v) is 18.6.